The number of amides is 6. The van der Waals surface area contributed by atoms with Crippen LogP contribution in [0.4, 0.5) is 0 Å². The van der Waals surface area contributed by atoms with Gasteiger partial charge in [-0.1, -0.05) is 77.6 Å². The number of benzene rings is 4. The number of nitrogens with zero attached hydrogens (tertiary/aromatic N) is 6. The second kappa shape index (κ2) is 44.2. The first-order valence-corrected chi connectivity index (χ1v) is 40.0. The zero-order chi connectivity index (χ0) is 78.5. The van der Waals surface area contributed by atoms with Crippen LogP contribution in [0, 0.1) is 0 Å². The largest absolute Gasteiger partial charge is 0.379 e. The van der Waals surface area contributed by atoms with Gasteiger partial charge < -0.3 is 58.5 Å². The highest BCUT2D eigenvalue weighted by Gasteiger charge is 2.38. The van der Waals surface area contributed by atoms with Crippen molar-refractivity contribution in [2.45, 2.75) is 112 Å². The molecule has 9 rings (SSSR count). The van der Waals surface area contributed by atoms with Crippen LogP contribution in [0.5, 0.6) is 0 Å². The first kappa shape index (κ1) is 88.3. The van der Waals surface area contributed by atoms with Crippen LogP contribution < -0.4 is 5.73 Å². The molecule has 36 heteroatoms. The van der Waals surface area contributed by atoms with E-state index in [4.69, 9.17) is 80.6 Å². The maximum atomic E-state index is 13.1. The van der Waals surface area contributed by atoms with E-state index in [9.17, 15) is 64.8 Å². The van der Waals surface area contributed by atoms with Crippen LogP contribution in [-0.4, -0.2) is 250 Å². The molecule has 3 fully saturated rings. The number of hydroxylamine groups is 6. The molecule has 0 radical (unpaired) electrons. The van der Waals surface area contributed by atoms with E-state index >= 15 is 0 Å². The molecule has 5 heterocycles. The number of imide groups is 3. The predicted molar refractivity (Wildman–Crippen MR) is 392 cm³/mol. The van der Waals surface area contributed by atoms with E-state index in [0.29, 0.717) is 141 Å². The molecule has 0 spiro atoms. The smallest absolute Gasteiger partial charge is 0.347 e. The molecule has 0 aliphatic carbocycles. The fourth-order valence-corrected chi connectivity index (χ4v) is 15.7. The number of hydrogen-bond acceptors (Lipinski definition) is 27. The van der Waals surface area contributed by atoms with Crippen molar-refractivity contribution in [2.24, 2.45) is 5.73 Å². The Morgan fingerprint density at radius 1 is 0.463 bits per heavy atom. The molecule has 3 saturated heterocycles. The van der Waals surface area contributed by atoms with Gasteiger partial charge in [0.25, 0.3) is 35.4 Å². The summed E-state index contributed by atoms with van der Waals surface area (Å²) in [6.07, 6.45) is 1.70. The molecule has 108 heavy (non-hydrogen) atoms. The highest BCUT2D eigenvalue weighted by atomic mass is 35.5. The highest BCUT2D eigenvalue weighted by Crippen LogP contribution is 2.41. The number of halogens is 4. The highest BCUT2D eigenvalue weighted by molar-refractivity contribution is 7.91. The fourth-order valence-electron chi connectivity index (χ4n) is 11.8. The van der Waals surface area contributed by atoms with Crippen molar-refractivity contribution in [3.8, 4) is 0 Å². The molecule has 0 saturated carbocycles. The Kier molecular flexibility index (Phi) is 36.1. The van der Waals surface area contributed by atoms with Crippen molar-refractivity contribution in [3.63, 3.8) is 0 Å². The van der Waals surface area contributed by atoms with Gasteiger partial charge in [0.05, 0.1) is 80.8 Å². The van der Waals surface area contributed by atoms with Gasteiger partial charge in [-0.05, 0) is 115 Å². The van der Waals surface area contributed by atoms with E-state index < -0.39 is 92.7 Å². The van der Waals surface area contributed by atoms with Gasteiger partial charge in [0, 0.05) is 136 Å². The lowest BCUT2D eigenvalue weighted by Crippen LogP contribution is -2.45. The minimum atomic E-state index is -3.46. The molecule has 5 aliphatic heterocycles. The van der Waals surface area contributed by atoms with Crippen molar-refractivity contribution in [1.29, 1.82) is 0 Å². The number of sulfone groups is 2. The molecule has 0 bridgehead atoms. The van der Waals surface area contributed by atoms with Crippen molar-refractivity contribution in [1.82, 2.24) is 29.9 Å². The maximum Gasteiger partial charge on any atom is 0.347 e. The van der Waals surface area contributed by atoms with Crippen LogP contribution in [-0.2, 0) is 124 Å². The van der Waals surface area contributed by atoms with Crippen molar-refractivity contribution in [2.75, 3.05) is 144 Å². The standard InChI is InChI=1S/C29H39Cl2NO6S.C25H34Cl2N2O5S.C18H18N4O12/c1-3-24(33)8-5-10-36-12-14-38-15-13-37-11-6-16-39(34,35)25-9-4-7-22(17-25)27-20-32(2)21-28-26(27)18-23(30)19-29(28)31;1-29-17-23(22-15-20(26)16-25(27)24(22)18-29)19-4-2-5-21(14-19)35(30,31)13-3-7-32-9-11-34-12-10-33-8-6-28;23-10-1-2-11(24)20(10)32-16(29)7-19(8-17(30)33-21-12(25)3-4-13(21)26)9-18(31)34-22-14(27)5-6-15(22)28/h4,7,9,17-19,27H,3,5-6,8,10-16,20-21H2,1-2H3;2,4-5,14-16,23H,3,6-13,17-18,28H2,1H3;1-9H2. The molecule has 5 aliphatic rings. The van der Waals surface area contributed by atoms with E-state index in [1.807, 2.05) is 45.3 Å². The molecule has 6 amide bonds. The molecule has 4 aromatic carbocycles. The van der Waals surface area contributed by atoms with Gasteiger partial charge in [-0.3, -0.25) is 38.5 Å². The summed E-state index contributed by atoms with van der Waals surface area (Å²) in [6, 6.07) is 21.8. The number of fused-ring (bicyclic) bond motifs is 2. The number of ketones is 1. The summed E-state index contributed by atoms with van der Waals surface area (Å²) in [5.74, 6) is -7.99. The quantitative estimate of drug-likeness (QED) is 0.0372. The number of carbonyl (C=O) groups is 10. The number of likely N-dealkylation sites (N-methyl/N-ethyl adjacent to an activating group) is 2. The zero-order valence-corrected chi connectivity index (χ0v) is 65.1. The van der Waals surface area contributed by atoms with Gasteiger partial charge in [0.15, 0.2) is 19.7 Å². The van der Waals surface area contributed by atoms with Gasteiger partial charge in [0.2, 0.25) is 0 Å². The van der Waals surface area contributed by atoms with E-state index in [1.54, 1.807) is 48.5 Å². The summed E-state index contributed by atoms with van der Waals surface area (Å²) in [4.78, 5) is 137. The Morgan fingerprint density at radius 2 is 0.787 bits per heavy atom. The zero-order valence-electron chi connectivity index (χ0n) is 60.4. The predicted octanol–water partition coefficient (Wildman–Crippen LogP) is 6.40. The Hall–Kier alpha value is -6.96. The van der Waals surface area contributed by atoms with Crippen LogP contribution in [0.1, 0.15) is 123 Å². The summed E-state index contributed by atoms with van der Waals surface area (Å²) >= 11 is 25.5. The lowest BCUT2D eigenvalue weighted by molar-refractivity contribution is -0.204. The first-order valence-electron chi connectivity index (χ1n) is 35.2. The molecular weight excluding hydrogens is 1540 g/mol. The molecule has 592 valence electrons. The van der Waals surface area contributed by atoms with Crippen LogP contribution in [0.25, 0.3) is 0 Å². The minimum absolute atomic E-state index is 0.00446. The number of rotatable bonds is 40. The van der Waals surface area contributed by atoms with Crippen molar-refractivity contribution < 1.29 is 108 Å². The van der Waals surface area contributed by atoms with Crippen molar-refractivity contribution >= 4 is 125 Å². The molecular formula is C72H91Cl4N7O23S2. The Labute approximate surface area is 647 Å². The Morgan fingerprint density at radius 3 is 1.12 bits per heavy atom. The third-order valence-electron chi connectivity index (χ3n) is 17.2. The van der Waals surface area contributed by atoms with Crippen LogP contribution in [0.3, 0.4) is 0 Å². The van der Waals surface area contributed by atoms with Gasteiger partial charge in [-0.15, -0.1) is 15.2 Å². The number of hydrogen-bond donors (Lipinski definition) is 1. The Bertz CT molecular complexity index is 3890. The SMILES string of the molecule is CCC(=O)CCCOCCOCCOCCCS(=O)(=O)c1cccc(C2CN(C)Cc3c(Cl)cc(Cl)cc32)c1.CN1Cc2c(Cl)cc(Cl)cc2C(c2cccc(S(=O)(=O)CCCOCCOCCOCCN)c2)C1.O=C(CN(CC(=O)ON1C(=O)CCC1=O)CC(=O)ON1C(=O)CCC1=O)ON1C(=O)CCC1=O. The lowest BCUT2D eigenvalue weighted by atomic mass is 9.85. The number of carbonyl (C=O) groups excluding carboxylic acids is 10. The molecule has 0 aromatic heterocycles. The van der Waals surface area contributed by atoms with Crippen LogP contribution in [0.15, 0.2) is 82.6 Å². The Balaban J connectivity index is 0.000000226. The third kappa shape index (κ3) is 27.8. The van der Waals surface area contributed by atoms with Crippen LogP contribution in [0.2, 0.25) is 20.1 Å². The fraction of sp³-hybridized carbons (Fsp3) is 0.528. The number of Topliss-reactive ketones (excluding diaryl/α,β-unsaturated/α-hetero) is 1. The van der Waals surface area contributed by atoms with Crippen molar-refractivity contribution in [3.05, 3.63) is 126 Å². The van der Waals surface area contributed by atoms with Gasteiger partial charge >= 0.3 is 17.9 Å². The topological polar surface area (TPSA) is 368 Å². The molecule has 4 aromatic rings. The van der Waals surface area contributed by atoms with Gasteiger partial charge in [-0.2, -0.15) is 0 Å². The number of ether oxygens (including phenoxy) is 6. The average Bonchev–Trinajstić information content (AvgIpc) is 0.979. The minimum Gasteiger partial charge on any atom is -0.379 e. The summed E-state index contributed by atoms with van der Waals surface area (Å²) < 4.78 is 84.6. The second-order valence-corrected chi connectivity index (χ2v) is 31.5. The summed E-state index contributed by atoms with van der Waals surface area (Å²) in [6.45, 7) is 8.05. The number of nitrogens with two attached hydrogens (primary N) is 1. The first-order chi connectivity index (χ1) is 51.6. The van der Waals surface area contributed by atoms with Gasteiger partial charge in [0.1, 0.15) is 25.4 Å². The monoisotopic (exact) mass is 1630 g/mol. The van der Waals surface area contributed by atoms with E-state index in [0.717, 1.165) is 70.9 Å². The van der Waals surface area contributed by atoms with E-state index in [1.165, 1.54) is 0 Å². The molecule has 2 N–H and O–H groups in total. The second-order valence-electron chi connectivity index (χ2n) is 25.6. The van der Waals surface area contributed by atoms with E-state index in [-0.39, 0.29) is 82.8 Å². The summed E-state index contributed by atoms with van der Waals surface area (Å²) in [5.41, 5.74) is 11.4. The third-order valence-corrected chi connectivity index (χ3v) is 21.9. The van der Waals surface area contributed by atoms with E-state index in [2.05, 4.69) is 24.3 Å². The lowest BCUT2D eigenvalue weighted by Gasteiger charge is -2.33. The average molecular weight is 1630 g/mol. The molecule has 2 atom stereocenters. The maximum absolute atomic E-state index is 13.1. The van der Waals surface area contributed by atoms with Gasteiger partial charge in [-0.25, -0.2) is 31.2 Å². The summed E-state index contributed by atoms with van der Waals surface area (Å²) in [5, 5.41) is 3.18. The van der Waals surface area contributed by atoms with Crippen LogP contribution >= 0.6 is 46.4 Å². The normalized spacial score (nSPS) is 16.8. The molecule has 2 unspecified atom stereocenters. The molecule has 30 nitrogen and oxygen atoms in total. The summed E-state index contributed by atoms with van der Waals surface area (Å²) in [7, 11) is -2.85.